The average molecular weight is 582 g/mol. The number of hydrogen-bond acceptors (Lipinski definition) is 5. The van der Waals surface area contributed by atoms with Gasteiger partial charge in [0.2, 0.25) is 11.8 Å². The summed E-state index contributed by atoms with van der Waals surface area (Å²) in [7, 11) is 0. The summed E-state index contributed by atoms with van der Waals surface area (Å²) in [5, 5.41) is 22.4. The molecular weight excluding hydrogens is 556 g/mol. The summed E-state index contributed by atoms with van der Waals surface area (Å²) in [6.07, 6.45) is -5.37. The molecule has 0 aliphatic heterocycles. The number of carbonyl (C=O) groups is 2. The van der Waals surface area contributed by atoms with Crippen molar-refractivity contribution < 1.29 is 37.7 Å². The van der Waals surface area contributed by atoms with Crippen molar-refractivity contribution >= 4 is 34.4 Å². The first-order valence-corrected chi connectivity index (χ1v) is 11.2. The third-order valence-corrected chi connectivity index (χ3v) is 5.65. The predicted molar refractivity (Wildman–Crippen MR) is 123 cm³/mol. The monoisotopic (exact) mass is 582 g/mol. The number of alkyl halides is 3. The Hall–Kier alpha value is -2.12. The van der Waals surface area contributed by atoms with Crippen molar-refractivity contribution in [1.29, 1.82) is 0 Å². The van der Waals surface area contributed by atoms with Gasteiger partial charge < -0.3 is 25.2 Å². The molecule has 1 aliphatic carbocycles. The van der Waals surface area contributed by atoms with Crippen LogP contribution in [0, 0.1) is 3.57 Å². The van der Waals surface area contributed by atoms with Gasteiger partial charge >= 0.3 is 6.18 Å². The van der Waals surface area contributed by atoms with E-state index < -0.39 is 42.8 Å². The topological polar surface area (TPSA) is 99.1 Å². The number of amides is 2. The molecule has 3 atom stereocenters. The summed E-state index contributed by atoms with van der Waals surface area (Å²) in [6.45, 7) is 1.15. The summed E-state index contributed by atoms with van der Waals surface area (Å²) >= 11 is 2.01. The van der Waals surface area contributed by atoms with Crippen molar-refractivity contribution in [2.75, 3.05) is 19.7 Å². The number of nitrogens with one attached hydrogen (secondary N) is 1. The molecule has 182 valence electrons. The third-order valence-electron chi connectivity index (χ3n) is 4.76. The number of halogens is 4. The molecule has 2 amide bonds. The average Bonchev–Trinajstić information content (AvgIpc) is 2.72. The predicted octanol–water partition coefficient (Wildman–Crippen LogP) is 2.56. The minimum absolute atomic E-state index is 0.0480. The van der Waals surface area contributed by atoms with E-state index in [1.807, 2.05) is 22.6 Å². The Morgan fingerprint density at radius 3 is 2.55 bits per heavy atom. The van der Waals surface area contributed by atoms with E-state index in [0.717, 1.165) is 6.08 Å². The molecule has 1 aromatic carbocycles. The molecule has 11 heteroatoms. The maximum absolute atomic E-state index is 13.4. The fraction of sp³-hybridized carbons (Fsp3) is 0.455. The van der Waals surface area contributed by atoms with Gasteiger partial charge in [-0.05, 0) is 54.6 Å². The number of aliphatic hydroxyl groups excluding tert-OH is 2. The van der Waals surface area contributed by atoms with Crippen LogP contribution in [0.1, 0.15) is 20.3 Å². The van der Waals surface area contributed by atoms with Crippen molar-refractivity contribution in [3.63, 3.8) is 0 Å². The van der Waals surface area contributed by atoms with E-state index in [9.17, 15) is 27.9 Å². The Balaban J connectivity index is 2.47. The molecule has 0 heterocycles. The Kier molecular flexibility index (Phi) is 9.73. The maximum Gasteiger partial charge on any atom is 0.406 e. The van der Waals surface area contributed by atoms with Crippen LogP contribution in [0.5, 0.6) is 5.75 Å². The lowest BCUT2D eigenvalue weighted by atomic mass is 9.88. The summed E-state index contributed by atoms with van der Waals surface area (Å²) < 4.78 is 46.6. The molecule has 2 rings (SSSR count). The first kappa shape index (κ1) is 27.1. The van der Waals surface area contributed by atoms with Crippen LogP contribution in [0.15, 0.2) is 47.6 Å². The van der Waals surface area contributed by atoms with Gasteiger partial charge in [-0.2, -0.15) is 13.2 Å². The van der Waals surface area contributed by atoms with Crippen LogP contribution in [0.25, 0.3) is 0 Å². The van der Waals surface area contributed by atoms with Crippen molar-refractivity contribution in [3.8, 4) is 5.75 Å². The third kappa shape index (κ3) is 8.00. The number of nitrogens with zero attached hydrogens (tertiary/aromatic N) is 1. The lowest BCUT2D eigenvalue weighted by Crippen LogP contribution is -2.56. The molecule has 0 radical (unpaired) electrons. The largest absolute Gasteiger partial charge is 0.482 e. The number of carbonyl (C=O) groups excluding carboxylic acids is 2. The van der Waals surface area contributed by atoms with E-state index in [2.05, 4.69) is 5.32 Å². The van der Waals surface area contributed by atoms with Gasteiger partial charge in [-0.3, -0.25) is 9.59 Å². The highest BCUT2D eigenvalue weighted by atomic mass is 127. The summed E-state index contributed by atoms with van der Waals surface area (Å²) in [6, 6.07) is 5.45. The highest BCUT2D eigenvalue weighted by molar-refractivity contribution is 14.1. The highest BCUT2D eigenvalue weighted by Gasteiger charge is 2.44. The molecule has 0 spiro atoms. The van der Waals surface area contributed by atoms with Crippen LogP contribution >= 0.6 is 22.6 Å². The van der Waals surface area contributed by atoms with E-state index in [-0.39, 0.29) is 25.1 Å². The maximum atomic E-state index is 13.4. The number of rotatable bonds is 8. The van der Waals surface area contributed by atoms with Crippen LogP contribution in [0.2, 0.25) is 0 Å². The molecule has 0 saturated heterocycles. The van der Waals surface area contributed by atoms with E-state index in [1.165, 1.54) is 6.08 Å². The summed E-state index contributed by atoms with van der Waals surface area (Å²) in [5.41, 5.74) is 0.535. The van der Waals surface area contributed by atoms with Crippen LogP contribution in [-0.2, 0) is 9.59 Å². The van der Waals surface area contributed by atoms with E-state index in [1.54, 1.807) is 38.1 Å². The van der Waals surface area contributed by atoms with Crippen molar-refractivity contribution in [1.82, 2.24) is 10.2 Å². The number of aliphatic hydroxyl groups is 2. The normalized spacial score (nSPS) is 20.5. The van der Waals surface area contributed by atoms with Gasteiger partial charge in [0.1, 0.15) is 24.5 Å². The molecule has 1 aliphatic rings. The molecule has 0 saturated carbocycles. The van der Waals surface area contributed by atoms with Gasteiger partial charge in [0.25, 0.3) is 0 Å². The second-order valence-electron chi connectivity index (χ2n) is 7.75. The smallest absolute Gasteiger partial charge is 0.406 e. The Morgan fingerprint density at radius 2 is 1.97 bits per heavy atom. The number of para-hydroxylation sites is 1. The van der Waals surface area contributed by atoms with Crippen LogP contribution in [0.4, 0.5) is 13.2 Å². The Bertz CT molecular complexity index is 916. The SMILES string of the molecule is CC(C)=CC(=O)N(CC(F)(F)F)C1CC(C(=O)NCCO)=CC(Oc2ccccc2I)C1O. The van der Waals surface area contributed by atoms with Gasteiger partial charge in [0.05, 0.1) is 16.2 Å². The molecule has 33 heavy (non-hydrogen) atoms. The van der Waals surface area contributed by atoms with Gasteiger partial charge in [-0.1, -0.05) is 17.7 Å². The molecule has 3 unspecified atom stereocenters. The fourth-order valence-corrected chi connectivity index (χ4v) is 3.86. The fourth-order valence-electron chi connectivity index (χ4n) is 3.35. The van der Waals surface area contributed by atoms with Gasteiger partial charge in [0, 0.05) is 24.6 Å². The molecule has 0 bridgehead atoms. The summed E-state index contributed by atoms with van der Waals surface area (Å²) in [4.78, 5) is 25.8. The molecule has 3 N–H and O–H groups in total. The van der Waals surface area contributed by atoms with E-state index in [4.69, 9.17) is 9.84 Å². The van der Waals surface area contributed by atoms with Gasteiger partial charge in [0.15, 0.2) is 0 Å². The standard InChI is InChI=1S/C22H26F3IN2O5/c1-13(2)9-19(30)28(12-22(23,24)25)16-10-14(21(32)27-7-8-29)11-18(20(16)31)33-17-6-4-3-5-15(17)26/h3-6,9,11,16,18,20,29,31H,7-8,10,12H2,1-2H3,(H,27,32). The van der Waals surface area contributed by atoms with Crippen molar-refractivity contribution in [2.45, 2.75) is 44.7 Å². The number of allylic oxidation sites excluding steroid dienone is 1. The van der Waals surface area contributed by atoms with Gasteiger partial charge in [-0.25, -0.2) is 0 Å². The number of hydrogen-bond donors (Lipinski definition) is 3. The molecule has 7 nitrogen and oxygen atoms in total. The van der Waals surface area contributed by atoms with E-state index >= 15 is 0 Å². The quantitative estimate of drug-likeness (QED) is 0.324. The second-order valence-corrected chi connectivity index (χ2v) is 8.91. The van der Waals surface area contributed by atoms with Crippen molar-refractivity contribution in [2.24, 2.45) is 0 Å². The minimum Gasteiger partial charge on any atom is -0.482 e. The first-order chi connectivity index (χ1) is 15.4. The highest BCUT2D eigenvalue weighted by Crippen LogP contribution is 2.31. The van der Waals surface area contributed by atoms with Gasteiger partial charge in [-0.15, -0.1) is 0 Å². The number of ether oxygens (including phenoxy) is 1. The molecule has 0 fully saturated rings. The van der Waals surface area contributed by atoms with Crippen LogP contribution in [0.3, 0.4) is 0 Å². The summed E-state index contributed by atoms with van der Waals surface area (Å²) in [5.74, 6) is -1.19. The van der Waals surface area contributed by atoms with E-state index in [0.29, 0.717) is 19.8 Å². The zero-order valence-corrected chi connectivity index (χ0v) is 20.3. The van der Waals surface area contributed by atoms with Crippen LogP contribution < -0.4 is 10.1 Å². The molecule has 0 aromatic heterocycles. The lowest BCUT2D eigenvalue weighted by molar-refractivity contribution is -0.169. The lowest BCUT2D eigenvalue weighted by Gasteiger charge is -2.40. The van der Waals surface area contributed by atoms with Crippen molar-refractivity contribution in [3.05, 3.63) is 51.1 Å². The zero-order chi connectivity index (χ0) is 24.8. The molecule has 1 aromatic rings. The first-order valence-electron chi connectivity index (χ1n) is 10.1. The minimum atomic E-state index is -4.73. The zero-order valence-electron chi connectivity index (χ0n) is 18.1. The number of benzene rings is 1. The van der Waals surface area contributed by atoms with Crippen LogP contribution in [-0.4, -0.2) is 71.0 Å². The molecular formula is C22H26F3IN2O5. The second kappa shape index (κ2) is 11.8. The Morgan fingerprint density at radius 1 is 1.30 bits per heavy atom. The Labute approximate surface area is 203 Å².